The fourth-order valence-corrected chi connectivity index (χ4v) is 1.71. The Hall–Kier alpha value is -1.39. The van der Waals surface area contributed by atoms with Crippen LogP contribution in [0.2, 0.25) is 0 Å². The first-order valence-corrected chi connectivity index (χ1v) is 4.64. The van der Waals surface area contributed by atoms with E-state index >= 15 is 0 Å². The first-order valence-electron chi connectivity index (χ1n) is 4.64. The third kappa shape index (κ3) is 1.05. The van der Waals surface area contributed by atoms with Gasteiger partial charge in [0.1, 0.15) is 5.41 Å². The van der Waals surface area contributed by atoms with Crippen molar-refractivity contribution in [3.05, 3.63) is 0 Å². The van der Waals surface area contributed by atoms with Crippen molar-refractivity contribution in [3.8, 4) is 0 Å². The second kappa shape index (κ2) is 2.80. The number of hydrogen-bond acceptors (Lipinski definition) is 4. The number of rotatable bonds is 2. The van der Waals surface area contributed by atoms with Crippen LogP contribution in [0.1, 0.15) is 19.8 Å². The summed E-state index contributed by atoms with van der Waals surface area (Å²) in [6.07, 6.45) is 1.13. The van der Waals surface area contributed by atoms with Gasteiger partial charge in [-0.25, -0.2) is 4.79 Å². The molecule has 1 saturated carbocycles. The van der Waals surface area contributed by atoms with Gasteiger partial charge >= 0.3 is 5.97 Å². The van der Waals surface area contributed by atoms with Crippen LogP contribution in [0, 0.1) is 5.41 Å². The quantitative estimate of drug-likeness (QED) is 0.474. The van der Waals surface area contributed by atoms with Gasteiger partial charge in [-0.2, -0.15) is 0 Å². The fraction of sp³-hybridized carbons (Fsp3) is 0.667. The van der Waals surface area contributed by atoms with E-state index in [1.807, 2.05) is 0 Å². The second-order valence-electron chi connectivity index (χ2n) is 3.60. The van der Waals surface area contributed by atoms with Crippen molar-refractivity contribution < 1.29 is 19.1 Å². The van der Waals surface area contributed by atoms with Crippen LogP contribution >= 0.6 is 0 Å². The zero-order valence-electron chi connectivity index (χ0n) is 7.83. The van der Waals surface area contributed by atoms with Crippen LogP contribution < -0.4 is 5.32 Å². The molecule has 1 aliphatic heterocycles. The topological polar surface area (TPSA) is 72.5 Å². The number of hydrogen-bond donors (Lipinski definition) is 1. The van der Waals surface area contributed by atoms with Crippen molar-refractivity contribution in [1.82, 2.24) is 5.32 Å². The van der Waals surface area contributed by atoms with Crippen LogP contribution in [-0.4, -0.2) is 30.3 Å². The van der Waals surface area contributed by atoms with Gasteiger partial charge in [-0.3, -0.25) is 9.59 Å². The number of carbonyl (C=O) groups is 3. The highest BCUT2D eigenvalue weighted by atomic mass is 16.5. The van der Waals surface area contributed by atoms with E-state index in [0.29, 0.717) is 12.8 Å². The number of ether oxygens (including phenoxy) is 1. The molecule has 0 aromatic heterocycles. The molecule has 1 atom stereocenters. The lowest BCUT2D eigenvalue weighted by molar-refractivity contribution is -0.148. The summed E-state index contributed by atoms with van der Waals surface area (Å²) in [5.74, 6) is -1.28. The van der Waals surface area contributed by atoms with Gasteiger partial charge in [-0.1, -0.05) is 0 Å². The Labute approximate surface area is 80.8 Å². The molecule has 1 heterocycles. The Morgan fingerprint density at radius 3 is 2.64 bits per heavy atom. The summed E-state index contributed by atoms with van der Waals surface area (Å²) in [6.45, 7) is 1.87. The van der Waals surface area contributed by atoms with Crippen molar-refractivity contribution in [3.63, 3.8) is 0 Å². The van der Waals surface area contributed by atoms with Crippen molar-refractivity contribution >= 4 is 17.7 Å². The number of nitrogens with one attached hydrogen (secondary N) is 1. The number of ketones is 1. The Bertz CT molecular complexity index is 319. The minimum absolute atomic E-state index is 0.214. The van der Waals surface area contributed by atoms with E-state index in [2.05, 4.69) is 5.32 Å². The number of carbonyl (C=O) groups excluding carboxylic acids is 3. The number of esters is 1. The summed E-state index contributed by atoms with van der Waals surface area (Å²) in [6, 6.07) is -1.06. The third-order valence-electron chi connectivity index (χ3n) is 2.72. The number of amides is 1. The van der Waals surface area contributed by atoms with E-state index < -0.39 is 17.4 Å². The summed E-state index contributed by atoms with van der Waals surface area (Å²) in [5.41, 5.74) is -0.878. The molecule has 1 aliphatic carbocycles. The van der Waals surface area contributed by atoms with Crippen LogP contribution in [-0.2, 0) is 19.1 Å². The average molecular weight is 197 g/mol. The van der Waals surface area contributed by atoms with Crippen LogP contribution in [0.4, 0.5) is 0 Å². The van der Waals surface area contributed by atoms with Gasteiger partial charge < -0.3 is 10.1 Å². The normalized spacial score (nSPS) is 27.6. The maximum absolute atomic E-state index is 11.6. The first kappa shape index (κ1) is 9.18. The van der Waals surface area contributed by atoms with Gasteiger partial charge in [0.05, 0.1) is 6.61 Å². The van der Waals surface area contributed by atoms with Crippen LogP contribution in [0.3, 0.4) is 0 Å². The predicted octanol–water partition coefficient (Wildman–Crippen LogP) is -0.603. The molecule has 1 saturated heterocycles. The molecule has 0 radical (unpaired) electrons. The molecule has 0 aromatic carbocycles. The third-order valence-corrected chi connectivity index (χ3v) is 2.72. The second-order valence-corrected chi connectivity index (χ2v) is 3.60. The van der Waals surface area contributed by atoms with Crippen molar-refractivity contribution in [1.29, 1.82) is 0 Å². The van der Waals surface area contributed by atoms with E-state index in [9.17, 15) is 14.4 Å². The minimum atomic E-state index is -1.06. The largest absolute Gasteiger partial charge is 0.464 e. The van der Waals surface area contributed by atoms with E-state index in [4.69, 9.17) is 4.74 Å². The number of Topliss-reactive ketones (excluding diaryl/α,β-unsaturated/α-hetero) is 1. The molecule has 1 N–H and O–H groups in total. The van der Waals surface area contributed by atoms with E-state index in [1.165, 1.54) is 0 Å². The molecule has 0 bridgehead atoms. The van der Waals surface area contributed by atoms with Gasteiger partial charge in [0.25, 0.3) is 0 Å². The van der Waals surface area contributed by atoms with Gasteiger partial charge in [-0.15, -0.1) is 0 Å². The summed E-state index contributed by atoms with van der Waals surface area (Å²) < 4.78 is 4.69. The van der Waals surface area contributed by atoms with Gasteiger partial charge in [0.15, 0.2) is 11.8 Å². The molecule has 1 unspecified atom stereocenters. The zero-order valence-corrected chi connectivity index (χ0v) is 7.83. The van der Waals surface area contributed by atoms with Gasteiger partial charge in [0, 0.05) is 0 Å². The minimum Gasteiger partial charge on any atom is -0.464 e. The maximum Gasteiger partial charge on any atom is 0.336 e. The summed E-state index contributed by atoms with van der Waals surface area (Å²) >= 11 is 0. The molecule has 2 aliphatic rings. The average Bonchev–Trinajstić information content (AvgIpc) is 2.89. The monoisotopic (exact) mass is 197 g/mol. The fourth-order valence-electron chi connectivity index (χ4n) is 1.71. The Balaban J connectivity index is 2.13. The van der Waals surface area contributed by atoms with Crippen molar-refractivity contribution in [2.45, 2.75) is 25.8 Å². The highest BCUT2D eigenvalue weighted by Gasteiger charge is 2.64. The molecular weight excluding hydrogens is 186 g/mol. The molecule has 2 fully saturated rings. The first-order chi connectivity index (χ1) is 6.62. The van der Waals surface area contributed by atoms with Crippen LogP contribution in [0.5, 0.6) is 0 Å². The van der Waals surface area contributed by atoms with Crippen molar-refractivity contribution in [2.24, 2.45) is 5.41 Å². The molecule has 0 aromatic rings. The van der Waals surface area contributed by atoms with E-state index in [-0.39, 0.29) is 18.3 Å². The lowest BCUT2D eigenvalue weighted by Gasteiger charge is -2.06. The van der Waals surface area contributed by atoms with E-state index in [0.717, 1.165) is 0 Å². The summed E-state index contributed by atoms with van der Waals surface area (Å²) in [4.78, 5) is 34.2. The Morgan fingerprint density at radius 2 is 2.21 bits per heavy atom. The molecule has 76 valence electrons. The molecule has 14 heavy (non-hydrogen) atoms. The molecule has 5 heteroatoms. The standard InChI is InChI=1S/C9H11NO4/c1-2-14-7(12)5-6(11)9(3-4-9)8(13)10-5/h5H,2-4H2,1H3,(H,10,13). The lowest BCUT2D eigenvalue weighted by Crippen LogP contribution is -2.38. The molecule has 1 spiro atoms. The molecular formula is C9H11NO4. The van der Waals surface area contributed by atoms with Crippen LogP contribution in [0.15, 0.2) is 0 Å². The van der Waals surface area contributed by atoms with Crippen molar-refractivity contribution in [2.75, 3.05) is 6.61 Å². The zero-order chi connectivity index (χ0) is 10.3. The van der Waals surface area contributed by atoms with Crippen LogP contribution in [0.25, 0.3) is 0 Å². The van der Waals surface area contributed by atoms with Gasteiger partial charge in [-0.05, 0) is 19.8 Å². The SMILES string of the molecule is CCOC(=O)C1NC(=O)C2(CC2)C1=O. The Kier molecular flexibility index (Phi) is 1.83. The molecule has 5 nitrogen and oxygen atoms in total. The predicted molar refractivity (Wildman–Crippen MR) is 45.2 cm³/mol. The smallest absolute Gasteiger partial charge is 0.336 e. The lowest BCUT2D eigenvalue weighted by atomic mass is 10.0. The summed E-state index contributed by atoms with van der Waals surface area (Å²) in [5, 5.41) is 2.38. The summed E-state index contributed by atoms with van der Waals surface area (Å²) in [7, 11) is 0. The molecule has 2 rings (SSSR count). The highest BCUT2D eigenvalue weighted by Crippen LogP contribution is 2.50. The molecule has 1 amide bonds. The maximum atomic E-state index is 11.6. The van der Waals surface area contributed by atoms with E-state index in [1.54, 1.807) is 6.92 Å². The van der Waals surface area contributed by atoms with Gasteiger partial charge in [0.2, 0.25) is 5.91 Å². The Morgan fingerprint density at radius 1 is 1.57 bits per heavy atom. The highest BCUT2D eigenvalue weighted by molar-refractivity contribution is 6.23.